The largest absolute Gasteiger partial charge is 0.492 e. The van der Waals surface area contributed by atoms with Crippen molar-refractivity contribution < 1.29 is 9.47 Å². The van der Waals surface area contributed by atoms with E-state index in [1.807, 2.05) is 0 Å². The van der Waals surface area contributed by atoms with Gasteiger partial charge < -0.3 is 9.47 Å². The van der Waals surface area contributed by atoms with Gasteiger partial charge in [-0.3, -0.25) is 0 Å². The molecule has 1 aromatic rings. The van der Waals surface area contributed by atoms with Crippen molar-refractivity contribution in [1.29, 1.82) is 0 Å². The van der Waals surface area contributed by atoms with Crippen LogP contribution in [0.2, 0.25) is 5.02 Å². The Balaban J connectivity index is 3.13. The zero-order valence-electron chi connectivity index (χ0n) is 6.35. The second-order valence-electron chi connectivity index (χ2n) is 1.89. The number of methoxy groups -OCH3 is 2. The summed E-state index contributed by atoms with van der Waals surface area (Å²) in [5.74, 6) is 1.05. The van der Waals surface area contributed by atoms with E-state index in [2.05, 4.69) is 6.07 Å². The summed E-state index contributed by atoms with van der Waals surface area (Å²) in [5, 5.41) is 0.531. The minimum atomic E-state index is 0.525. The molecule has 0 aromatic heterocycles. The van der Waals surface area contributed by atoms with Crippen LogP contribution in [0.4, 0.5) is 0 Å². The predicted octanol–water partition coefficient (Wildman–Crippen LogP) is 2.16. The van der Waals surface area contributed by atoms with Crippen LogP contribution < -0.4 is 9.47 Å². The van der Waals surface area contributed by atoms with Crippen molar-refractivity contribution in [1.82, 2.24) is 0 Å². The van der Waals surface area contributed by atoms with Crippen LogP contribution in [-0.4, -0.2) is 14.2 Å². The lowest BCUT2D eigenvalue weighted by Gasteiger charge is -2.06. The number of hydrogen-bond acceptors (Lipinski definition) is 2. The molecule has 0 aliphatic heterocycles. The van der Waals surface area contributed by atoms with Crippen molar-refractivity contribution in [3.63, 3.8) is 0 Å². The number of hydrogen-bond donors (Lipinski definition) is 0. The van der Waals surface area contributed by atoms with Crippen molar-refractivity contribution in [3.05, 3.63) is 23.2 Å². The van der Waals surface area contributed by atoms with Crippen molar-refractivity contribution in [2.45, 2.75) is 0 Å². The van der Waals surface area contributed by atoms with Gasteiger partial charge in [-0.05, 0) is 12.1 Å². The lowest BCUT2D eigenvalue weighted by atomic mass is 10.3. The first-order valence-electron chi connectivity index (χ1n) is 3.07. The van der Waals surface area contributed by atoms with E-state index < -0.39 is 0 Å². The molecular weight excluding hydrogens is 164 g/mol. The summed E-state index contributed by atoms with van der Waals surface area (Å²) in [4.78, 5) is 0. The SMILES string of the molecule is COc1[c]ccc(Cl)c1OC. The van der Waals surface area contributed by atoms with Gasteiger partial charge in [0.15, 0.2) is 11.5 Å². The Morgan fingerprint density at radius 3 is 2.55 bits per heavy atom. The minimum absolute atomic E-state index is 0.525. The molecule has 0 atom stereocenters. The van der Waals surface area contributed by atoms with Crippen LogP contribution in [0.5, 0.6) is 11.5 Å². The molecule has 0 amide bonds. The molecule has 0 saturated carbocycles. The predicted molar refractivity (Wildman–Crippen MR) is 43.4 cm³/mol. The van der Waals surface area contributed by atoms with E-state index in [1.165, 1.54) is 7.11 Å². The standard InChI is InChI=1S/C8H8ClO2/c1-10-7-5-3-4-6(9)8(7)11-2/h3-4H,1-2H3. The summed E-state index contributed by atoms with van der Waals surface area (Å²) in [6.07, 6.45) is 0. The van der Waals surface area contributed by atoms with Crippen molar-refractivity contribution in [3.8, 4) is 11.5 Å². The zero-order chi connectivity index (χ0) is 8.27. The topological polar surface area (TPSA) is 18.5 Å². The molecule has 0 heterocycles. The van der Waals surface area contributed by atoms with Crippen molar-refractivity contribution in [2.24, 2.45) is 0 Å². The van der Waals surface area contributed by atoms with Crippen LogP contribution in [-0.2, 0) is 0 Å². The van der Waals surface area contributed by atoms with Gasteiger partial charge in [0.05, 0.1) is 19.2 Å². The van der Waals surface area contributed by atoms with Gasteiger partial charge in [0.1, 0.15) is 0 Å². The molecule has 0 unspecified atom stereocenters. The van der Waals surface area contributed by atoms with Crippen LogP contribution >= 0.6 is 11.6 Å². The summed E-state index contributed by atoms with van der Waals surface area (Å²) in [7, 11) is 3.09. The smallest absolute Gasteiger partial charge is 0.180 e. The van der Waals surface area contributed by atoms with Crippen LogP contribution in [0.15, 0.2) is 12.1 Å². The maximum Gasteiger partial charge on any atom is 0.180 e. The van der Waals surface area contributed by atoms with E-state index in [4.69, 9.17) is 21.1 Å². The molecule has 0 N–H and O–H groups in total. The molecule has 0 fully saturated rings. The van der Waals surface area contributed by atoms with E-state index in [0.29, 0.717) is 16.5 Å². The Morgan fingerprint density at radius 1 is 1.36 bits per heavy atom. The van der Waals surface area contributed by atoms with E-state index in [9.17, 15) is 0 Å². The van der Waals surface area contributed by atoms with Gasteiger partial charge in [0, 0.05) is 6.07 Å². The number of ether oxygens (including phenoxy) is 2. The monoisotopic (exact) mass is 171 g/mol. The van der Waals surface area contributed by atoms with Crippen LogP contribution in [0.3, 0.4) is 0 Å². The molecule has 0 bridgehead atoms. The summed E-state index contributed by atoms with van der Waals surface area (Å²) in [5.41, 5.74) is 0. The Hall–Kier alpha value is -0.890. The Labute approximate surface area is 70.7 Å². The molecule has 0 aliphatic rings. The van der Waals surface area contributed by atoms with Crippen molar-refractivity contribution >= 4 is 11.6 Å². The molecule has 1 radical (unpaired) electrons. The Kier molecular flexibility index (Phi) is 2.60. The van der Waals surface area contributed by atoms with Crippen LogP contribution in [0.1, 0.15) is 0 Å². The Morgan fingerprint density at radius 2 is 2.09 bits per heavy atom. The normalized spacial score (nSPS) is 9.36. The van der Waals surface area contributed by atoms with Crippen LogP contribution in [0, 0.1) is 6.07 Å². The average molecular weight is 172 g/mol. The first-order chi connectivity index (χ1) is 5.29. The highest BCUT2D eigenvalue weighted by Crippen LogP contribution is 2.33. The average Bonchev–Trinajstić information content (AvgIpc) is 2.04. The third-order valence-corrected chi connectivity index (χ3v) is 1.57. The highest BCUT2D eigenvalue weighted by atomic mass is 35.5. The first kappa shape index (κ1) is 8.21. The second-order valence-corrected chi connectivity index (χ2v) is 2.30. The summed E-state index contributed by atoms with van der Waals surface area (Å²) in [6, 6.07) is 6.23. The first-order valence-corrected chi connectivity index (χ1v) is 3.45. The second kappa shape index (κ2) is 3.49. The molecule has 11 heavy (non-hydrogen) atoms. The van der Waals surface area contributed by atoms with E-state index in [1.54, 1.807) is 19.2 Å². The molecule has 0 saturated heterocycles. The quantitative estimate of drug-likeness (QED) is 0.679. The Bertz CT molecular complexity index is 248. The number of halogens is 1. The van der Waals surface area contributed by atoms with Gasteiger partial charge in [-0.15, -0.1) is 0 Å². The lowest BCUT2D eigenvalue weighted by Crippen LogP contribution is -1.90. The zero-order valence-corrected chi connectivity index (χ0v) is 7.11. The molecule has 59 valence electrons. The van der Waals surface area contributed by atoms with E-state index >= 15 is 0 Å². The third-order valence-electron chi connectivity index (χ3n) is 1.28. The lowest BCUT2D eigenvalue weighted by molar-refractivity contribution is 0.354. The summed E-state index contributed by atoms with van der Waals surface area (Å²) in [6.45, 7) is 0. The molecule has 1 rings (SSSR count). The molecule has 0 aliphatic carbocycles. The maximum absolute atomic E-state index is 5.78. The van der Waals surface area contributed by atoms with Gasteiger partial charge in [0.2, 0.25) is 0 Å². The van der Waals surface area contributed by atoms with Gasteiger partial charge in [-0.1, -0.05) is 11.6 Å². The summed E-state index contributed by atoms with van der Waals surface area (Å²) < 4.78 is 9.93. The maximum atomic E-state index is 5.78. The van der Waals surface area contributed by atoms with Crippen molar-refractivity contribution in [2.75, 3.05) is 14.2 Å². The summed E-state index contributed by atoms with van der Waals surface area (Å²) >= 11 is 5.78. The molecule has 1 aromatic carbocycles. The number of benzene rings is 1. The highest BCUT2D eigenvalue weighted by Gasteiger charge is 2.06. The highest BCUT2D eigenvalue weighted by molar-refractivity contribution is 6.32. The molecular formula is C8H8ClO2. The fourth-order valence-corrected chi connectivity index (χ4v) is 1.01. The van der Waals surface area contributed by atoms with E-state index in [0.717, 1.165) is 0 Å². The third kappa shape index (κ3) is 1.57. The van der Waals surface area contributed by atoms with Gasteiger partial charge in [0.25, 0.3) is 0 Å². The van der Waals surface area contributed by atoms with Gasteiger partial charge in [-0.25, -0.2) is 0 Å². The number of rotatable bonds is 2. The fraction of sp³-hybridized carbons (Fsp3) is 0.250. The van der Waals surface area contributed by atoms with Crippen LogP contribution in [0.25, 0.3) is 0 Å². The molecule has 3 heteroatoms. The molecule has 0 spiro atoms. The van der Waals surface area contributed by atoms with Gasteiger partial charge >= 0.3 is 0 Å². The fourth-order valence-electron chi connectivity index (χ4n) is 0.782. The molecule has 2 nitrogen and oxygen atoms in total. The van der Waals surface area contributed by atoms with Gasteiger partial charge in [-0.2, -0.15) is 0 Å². The van der Waals surface area contributed by atoms with E-state index in [-0.39, 0.29) is 0 Å². The minimum Gasteiger partial charge on any atom is -0.492 e.